The number of hydrogen-bond donors (Lipinski definition) is 4. The maximum atomic E-state index is 12.3. The molecule has 9 rings (SSSR count). The summed E-state index contributed by atoms with van der Waals surface area (Å²) in [7, 11) is -9.60. The standard InChI is InChI=1S/C46H31N7O7S2/c54-46-32-19-18-30(47-29-9-2-1-3-10-29)25-28(32)17-20-43(46)53-52-42-24-23-41(35-13-6-7-14-36(35)42)51-50-40-22-21-39(33-11-4-5-12-34(33)40)49-48-31-26-38-37(45(27-31)62(58,59)60)15-8-16-44(38)61(55,56)57/h1-27,47,54H,(H,55,56,57)(H,58,59,60). The van der Waals surface area contributed by atoms with Crippen LogP contribution in [-0.4, -0.2) is 31.0 Å². The molecular formula is C46H31N7O7S2. The van der Waals surface area contributed by atoms with Gasteiger partial charge < -0.3 is 10.4 Å². The predicted molar refractivity (Wildman–Crippen MR) is 239 cm³/mol. The molecular weight excluding hydrogens is 827 g/mol. The first-order valence-corrected chi connectivity index (χ1v) is 21.7. The van der Waals surface area contributed by atoms with Crippen LogP contribution in [0.15, 0.2) is 204 Å². The molecule has 0 atom stereocenters. The lowest BCUT2D eigenvalue weighted by molar-refractivity contribution is 0.481. The van der Waals surface area contributed by atoms with Crippen molar-refractivity contribution in [2.24, 2.45) is 30.7 Å². The molecule has 0 aromatic heterocycles. The Labute approximate surface area is 353 Å². The highest BCUT2D eigenvalue weighted by molar-refractivity contribution is 7.86. The molecule has 0 unspecified atom stereocenters. The van der Waals surface area contributed by atoms with E-state index in [0.717, 1.165) is 39.7 Å². The Morgan fingerprint density at radius 1 is 0.371 bits per heavy atom. The van der Waals surface area contributed by atoms with Gasteiger partial charge in [-0.3, -0.25) is 9.11 Å². The van der Waals surface area contributed by atoms with E-state index in [0.29, 0.717) is 44.6 Å². The third kappa shape index (κ3) is 7.96. The summed E-state index contributed by atoms with van der Waals surface area (Å²) >= 11 is 0. The Bertz CT molecular complexity index is 3580. The zero-order valence-corrected chi connectivity index (χ0v) is 33.7. The molecule has 0 saturated heterocycles. The van der Waals surface area contributed by atoms with E-state index in [9.17, 15) is 31.0 Å². The second kappa shape index (κ2) is 16.0. The van der Waals surface area contributed by atoms with Crippen molar-refractivity contribution < 1.29 is 31.0 Å². The second-order valence-corrected chi connectivity index (χ2v) is 16.8. The molecule has 0 amide bonds. The molecule has 9 aromatic carbocycles. The Kier molecular flexibility index (Phi) is 10.3. The van der Waals surface area contributed by atoms with Crippen molar-refractivity contribution in [3.05, 3.63) is 164 Å². The fraction of sp³-hybridized carbons (Fsp3) is 0. The summed E-state index contributed by atoms with van der Waals surface area (Å²) in [6.45, 7) is 0. The zero-order chi connectivity index (χ0) is 43.0. The van der Waals surface area contributed by atoms with Gasteiger partial charge in [0.05, 0.1) is 28.4 Å². The first kappa shape index (κ1) is 39.7. The predicted octanol–water partition coefficient (Wildman–Crippen LogP) is 13.5. The number of para-hydroxylation sites is 1. The fourth-order valence-corrected chi connectivity index (χ4v) is 8.59. The summed E-state index contributed by atoms with van der Waals surface area (Å²) < 4.78 is 68.6. The van der Waals surface area contributed by atoms with Gasteiger partial charge in [0.1, 0.15) is 15.5 Å². The lowest BCUT2D eigenvalue weighted by Crippen LogP contribution is -2.03. The number of phenols is 1. The number of aromatic hydroxyl groups is 1. The fourth-order valence-electron chi connectivity index (χ4n) is 7.16. The van der Waals surface area contributed by atoms with Crippen LogP contribution in [-0.2, 0) is 20.2 Å². The van der Waals surface area contributed by atoms with Crippen molar-refractivity contribution in [3.63, 3.8) is 0 Å². The second-order valence-electron chi connectivity index (χ2n) is 14.0. The topological polar surface area (TPSA) is 215 Å². The van der Waals surface area contributed by atoms with Gasteiger partial charge in [-0.05, 0) is 84.2 Å². The highest BCUT2D eigenvalue weighted by atomic mass is 32.2. The number of phenolic OH excluding ortho intramolecular Hbond substituents is 1. The quantitative estimate of drug-likeness (QED) is 0.0764. The molecule has 16 heteroatoms. The maximum absolute atomic E-state index is 12.3. The monoisotopic (exact) mass is 857 g/mol. The number of nitrogens with zero attached hydrogens (tertiary/aromatic N) is 6. The van der Waals surface area contributed by atoms with E-state index in [1.807, 2.05) is 91.0 Å². The Morgan fingerprint density at radius 2 is 0.855 bits per heavy atom. The summed E-state index contributed by atoms with van der Waals surface area (Å²) in [5.41, 5.74) is 4.07. The molecule has 0 bridgehead atoms. The van der Waals surface area contributed by atoms with Crippen LogP contribution in [0.25, 0.3) is 43.1 Å². The van der Waals surface area contributed by atoms with E-state index in [1.54, 1.807) is 42.5 Å². The molecule has 0 aliphatic rings. The van der Waals surface area contributed by atoms with E-state index in [-0.39, 0.29) is 22.2 Å². The van der Waals surface area contributed by atoms with E-state index >= 15 is 0 Å². The van der Waals surface area contributed by atoms with Crippen molar-refractivity contribution in [2.45, 2.75) is 9.79 Å². The van der Waals surface area contributed by atoms with Crippen LogP contribution >= 0.6 is 0 Å². The first-order valence-electron chi connectivity index (χ1n) is 18.8. The third-order valence-electron chi connectivity index (χ3n) is 10.1. The number of nitrogens with one attached hydrogen (secondary N) is 1. The Morgan fingerprint density at radius 3 is 1.40 bits per heavy atom. The Balaban J connectivity index is 1.00. The maximum Gasteiger partial charge on any atom is 0.295 e. The molecule has 0 fully saturated rings. The average Bonchev–Trinajstić information content (AvgIpc) is 3.27. The van der Waals surface area contributed by atoms with E-state index in [1.165, 1.54) is 18.2 Å². The van der Waals surface area contributed by atoms with E-state index in [2.05, 4.69) is 36.0 Å². The summed E-state index contributed by atoms with van der Waals surface area (Å²) in [6.07, 6.45) is 0. The van der Waals surface area contributed by atoms with Crippen LogP contribution < -0.4 is 5.32 Å². The number of anilines is 2. The minimum Gasteiger partial charge on any atom is -0.505 e. The summed E-state index contributed by atoms with van der Waals surface area (Å²) in [6, 6.07) is 46.8. The lowest BCUT2D eigenvalue weighted by Gasteiger charge is -2.09. The Hall–Kier alpha value is -7.76. The molecule has 4 N–H and O–H groups in total. The number of rotatable bonds is 10. The minimum absolute atomic E-state index is 0.0150. The molecule has 0 heterocycles. The van der Waals surface area contributed by atoms with Gasteiger partial charge in [-0.25, -0.2) is 0 Å². The van der Waals surface area contributed by atoms with Crippen LogP contribution in [0.3, 0.4) is 0 Å². The van der Waals surface area contributed by atoms with Gasteiger partial charge in [-0.1, -0.05) is 84.9 Å². The molecule has 304 valence electrons. The lowest BCUT2D eigenvalue weighted by atomic mass is 10.1. The van der Waals surface area contributed by atoms with E-state index in [4.69, 9.17) is 0 Å². The normalized spacial score (nSPS) is 12.5. The molecule has 0 aliphatic heterocycles. The molecule has 9 aromatic rings. The van der Waals surface area contributed by atoms with Crippen LogP contribution in [0.1, 0.15) is 0 Å². The third-order valence-corrected chi connectivity index (χ3v) is 11.9. The first-order chi connectivity index (χ1) is 29.9. The van der Waals surface area contributed by atoms with Crippen molar-refractivity contribution in [2.75, 3.05) is 5.32 Å². The molecule has 0 saturated carbocycles. The van der Waals surface area contributed by atoms with Gasteiger partial charge in [0.25, 0.3) is 20.2 Å². The number of azo groups is 3. The van der Waals surface area contributed by atoms with Gasteiger partial charge in [-0.15, -0.1) is 25.6 Å². The molecule has 14 nitrogen and oxygen atoms in total. The number of hydrogen-bond acceptors (Lipinski definition) is 12. The summed E-state index contributed by atoms with van der Waals surface area (Å²) in [5.74, 6) is 0.0150. The molecule has 0 spiro atoms. The number of fused-ring (bicyclic) bond motifs is 4. The molecule has 0 aliphatic carbocycles. The largest absolute Gasteiger partial charge is 0.505 e. The van der Waals surface area contributed by atoms with Crippen molar-refractivity contribution in [1.29, 1.82) is 0 Å². The smallest absolute Gasteiger partial charge is 0.295 e. The van der Waals surface area contributed by atoms with Gasteiger partial charge in [0, 0.05) is 49.1 Å². The van der Waals surface area contributed by atoms with Gasteiger partial charge >= 0.3 is 0 Å². The van der Waals surface area contributed by atoms with Crippen LogP contribution in [0.4, 0.5) is 45.5 Å². The van der Waals surface area contributed by atoms with Crippen molar-refractivity contribution in [3.8, 4) is 5.75 Å². The zero-order valence-electron chi connectivity index (χ0n) is 32.1. The highest BCUT2D eigenvalue weighted by Gasteiger charge is 2.21. The van der Waals surface area contributed by atoms with Crippen LogP contribution in [0.5, 0.6) is 5.75 Å². The summed E-state index contributed by atoms with van der Waals surface area (Å²) in [5, 5.41) is 45.2. The van der Waals surface area contributed by atoms with Crippen molar-refractivity contribution in [1.82, 2.24) is 0 Å². The van der Waals surface area contributed by atoms with Gasteiger partial charge in [-0.2, -0.15) is 21.9 Å². The highest BCUT2D eigenvalue weighted by Crippen LogP contribution is 2.41. The van der Waals surface area contributed by atoms with Gasteiger partial charge in [0.15, 0.2) is 5.75 Å². The van der Waals surface area contributed by atoms with Crippen LogP contribution in [0, 0.1) is 0 Å². The molecule has 0 radical (unpaired) electrons. The van der Waals surface area contributed by atoms with Crippen molar-refractivity contribution >= 4 is 109 Å². The SMILES string of the molecule is O=S(=O)(O)c1cc(N=Nc2ccc(N=Nc3ccc(N=Nc4ccc5cc(Nc6ccccc6)ccc5c4O)c4ccccc34)c3ccccc23)cc2c(S(=O)(=O)O)cccc12. The summed E-state index contributed by atoms with van der Waals surface area (Å²) in [4.78, 5) is -1.16. The number of benzene rings is 9. The minimum atomic E-state index is -4.84. The van der Waals surface area contributed by atoms with Crippen LogP contribution in [0.2, 0.25) is 0 Å². The van der Waals surface area contributed by atoms with Gasteiger partial charge in [0.2, 0.25) is 0 Å². The average molecular weight is 858 g/mol. The molecule has 62 heavy (non-hydrogen) atoms. The van der Waals surface area contributed by atoms with E-state index < -0.39 is 30.0 Å².